The van der Waals surface area contributed by atoms with Gasteiger partial charge in [-0.1, -0.05) is 41.4 Å². The lowest BCUT2D eigenvalue weighted by Gasteiger charge is -2.15. The number of quaternary nitrogens is 1. The molecule has 0 fully saturated rings. The van der Waals surface area contributed by atoms with E-state index in [0.717, 1.165) is 10.5 Å². The van der Waals surface area contributed by atoms with Gasteiger partial charge in [-0.15, -0.1) is 0 Å². The molecule has 0 saturated heterocycles. The zero-order valence-electron chi connectivity index (χ0n) is 13.9. The van der Waals surface area contributed by atoms with E-state index in [2.05, 4.69) is 5.32 Å². The number of hydrogen-bond donors (Lipinski definition) is 2. The van der Waals surface area contributed by atoms with Crippen LogP contribution in [0.2, 0.25) is 10.0 Å². The Morgan fingerprint density at radius 3 is 2.40 bits per heavy atom. The molecule has 1 amide bonds. The summed E-state index contributed by atoms with van der Waals surface area (Å²) in [5, 5.41) is 3.52. The largest absolute Gasteiger partial charge is 0.465 e. The Morgan fingerprint density at radius 2 is 1.76 bits per heavy atom. The third-order valence-electron chi connectivity index (χ3n) is 3.54. The molecule has 0 heterocycles. The molecular formula is C18H19Cl2N2O3+. The maximum Gasteiger partial charge on any atom is 0.337 e. The number of halogens is 2. The van der Waals surface area contributed by atoms with Gasteiger partial charge in [0.15, 0.2) is 6.54 Å². The number of amides is 1. The molecule has 2 aromatic rings. The molecule has 25 heavy (non-hydrogen) atoms. The number of carbonyl (C=O) groups excluding carboxylic acids is 2. The van der Waals surface area contributed by atoms with Gasteiger partial charge in [0.25, 0.3) is 5.91 Å². The predicted octanol–water partition coefficient (Wildman–Crippen LogP) is 2.43. The molecule has 0 aliphatic heterocycles. The third kappa shape index (κ3) is 5.46. The zero-order valence-corrected chi connectivity index (χ0v) is 15.4. The third-order valence-corrected chi connectivity index (χ3v) is 4.17. The van der Waals surface area contributed by atoms with E-state index in [1.54, 1.807) is 36.4 Å². The highest BCUT2D eigenvalue weighted by atomic mass is 35.5. The molecule has 0 bridgehead atoms. The Balaban J connectivity index is 1.97. The van der Waals surface area contributed by atoms with Crippen LogP contribution >= 0.6 is 23.2 Å². The summed E-state index contributed by atoms with van der Waals surface area (Å²) in [6.07, 6.45) is 0. The fourth-order valence-electron chi connectivity index (χ4n) is 2.41. The van der Waals surface area contributed by atoms with Gasteiger partial charge in [0.05, 0.1) is 35.5 Å². The van der Waals surface area contributed by atoms with Crippen molar-refractivity contribution in [2.24, 2.45) is 0 Å². The van der Waals surface area contributed by atoms with Gasteiger partial charge in [-0.25, -0.2) is 4.79 Å². The second kappa shape index (κ2) is 8.85. The van der Waals surface area contributed by atoms with E-state index in [1.807, 2.05) is 13.1 Å². The van der Waals surface area contributed by atoms with Gasteiger partial charge in [0, 0.05) is 5.56 Å². The van der Waals surface area contributed by atoms with Crippen LogP contribution in [0.4, 0.5) is 5.69 Å². The topological polar surface area (TPSA) is 59.8 Å². The van der Waals surface area contributed by atoms with E-state index in [4.69, 9.17) is 27.9 Å². The molecule has 2 rings (SSSR count). The highest BCUT2D eigenvalue weighted by Gasteiger charge is 2.15. The minimum absolute atomic E-state index is 0.198. The minimum Gasteiger partial charge on any atom is -0.465 e. The summed E-state index contributed by atoms with van der Waals surface area (Å²) in [6.45, 7) is 0.804. The second-order valence-electron chi connectivity index (χ2n) is 5.65. The summed E-state index contributed by atoms with van der Waals surface area (Å²) >= 11 is 12.1. The van der Waals surface area contributed by atoms with Crippen molar-refractivity contribution in [3.63, 3.8) is 0 Å². The molecule has 7 heteroatoms. The SMILES string of the molecule is COC(=O)c1cccc(C[NH+](C)CC(=O)Nc2c(Cl)cccc2Cl)c1. The molecule has 1 atom stereocenters. The van der Waals surface area contributed by atoms with E-state index < -0.39 is 0 Å². The lowest BCUT2D eigenvalue weighted by molar-refractivity contribution is -0.885. The number of methoxy groups -OCH3 is 1. The van der Waals surface area contributed by atoms with Crippen LogP contribution in [0, 0.1) is 0 Å². The molecular weight excluding hydrogens is 363 g/mol. The van der Waals surface area contributed by atoms with Crippen LogP contribution < -0.4 is 10.2 Å². The first-order chi connectivity index (χ1) is 11.9. The number of para-hydroxylation sites is 1. The van der Waals surface area contributed by atoms with E-state index in [1.165, 1.54) is 7.11 Å². The van der Waals surface area contributed by atoms with Crippen molar-refractivity contribution in [2.75, 3.05) is 26.0 Å². The fraction of sp³-hybridized carbons (Fsp3) is 0.222. The highest BCUT2D eigenvalue weighted by molar-refractivity contribution is 6.39. The molecule has 0 radical (unpaired) electrons. The molecule has 5 nitrogen and oxygen atoms in total. The van der Waals surface area contributed by atoms with E-state index in [9.17, 15) is 9.59 Å². The number of anilines is 1. The van der Waals surface area contributed by atoms with Crippen LogP contribution in [0.5, 0.6) is 0 Å². The smallest absolute Gasteiger partial charge is 0.337 e. The van der Waals surface area contributed by atoms with Crippen LogP contribution in [-0.4, -0.2) is 32.6 Å². The molecule has 0 aromatic heterocycles. The van der Waals surface area contributed by atoms with Crippen molar-refractivity contribution in [1.82, 2.24) is 0 Å². The fourth-order valence-corrected chi connectivity index (χ4v) is 2.90. The van der Waals surface area contributed by atoms with Gasteiger partial charge >= 0.3 is 5.97 Å². The molecule has 1 unspecified atom stereocenters. The summed E-state index contributed by atoms with van der Waals surface area (Å²) in [6, 6.07) is 12.2. The van der Waals surface area contributed by atoms with Crippen molar-refractivity contribution >= 4 is 40.8 Å². The predicted molar refractivity (Wildman–Crippen MR) is 98.3 cm³/mol. The van der Waals surface area contributed by atoms with E-state index in [0.29, 0.717) is 27.8 Å². The first kappa shape index (κ1) is 19.2. The summed E-state index contributed by atoms with van der Waals surface area (Å²) in [4.78, 5) is 24.7. The van der Waals surface area contributed by atoms with E-state index in [-0.39, 0.29) is 18.4 Å². The first-order valence-electron chi connectivity index (χ1n) is 7.63. The maximum atomic E-state index is 12.2. The number of hydrogen-bond acceptors (Lipinski definition) is 3. The van der Waals surface area contributed by atoms with Gasteiger partial charge < -0.3 is 15.0 Å². The highest BCUT2D eigenvalue weighted by Crippen LogP contribution is 2.29. The van der Waals surface area contributed by atoms with Crippen LogP contribution in [0.3, 0.4) is 0 Å². The maximum absolute atomic E-state index is 12.2. The lowest BCUT2D eigenvalue weighted by atomic mass is 10.1. The summed E-state index contributed by atoms with van der Waals surface area (Å²) in [5.74, 6) is -0.581. The number of ether oxygens (including phenoxy) is 1. The van der Waals surface area contributed by atoms with Crippen LogP contribution in [0.15, 0.2) is 42.5 Å². The van der Waals surface area contributed by atoms with Crippen LogP contribution in [0.25, 0.3) is 0 Å². The van der Waals surface area contributed by atoms with Crippen molar-refractivity contribution in [3.05, 3.63) is 63.6 Å². The molecule has 0 aliphatic rings. The lowest BCUT2D eigenvalue weighted by Crippen LogP contribution is -3.08. The Bertz CT molecular complexity index is 760. The average molecular weight is 382 g/mol. The molecule has 2 N–H and O–H groups in total. The number of carbonyl (C=O) groups is 2. The molecule has 0 aliphatic carbocycles. The number of likely N-dealkylation sites (N-methyl/N-ethyl adjacent to an activating group) is 1. The van der Waals surface area contributed by atoms with Gasteiger partial charge in [-0.05, 0) is 24.3 Å². The summed E-state index contributed by atoms with van der Waals surface area (Å²) in [7, 11) is 3.23. The molecule has 2 aromatic carbocycles. The minimum atomic E-state index is -0.384. The summed E-state index contributed by atoms with van der Waals surface area (Å²) in [5.41, 5.74) is 1.83. The monoisotopic (exact) mass is 381 g/mol. The quantitative estimate of drug-likeness (QED) is 0.755. The van der Waals surface area contributed by atoms with Crippen molar-refractivity contribution in [3.8, 4) is 0 Å². The van der Waals surface area contributed by atoms with Gasteiger partial charge in [0.1, 0.15) is 6.54 Å². The standard InChI is InChI=1S/C18H18Cl2N2O3/c1-22(10-12-5-3-6-13(9-12)18(24)25-2)11-16(23)21-17-14(19)7-4-8-15(17)20/h3-9H,10-11H2,1-2H3,(H,21,23)/p+1. The van der Waals surface area contributed by atoms with Gasteiger partial charge in [0.2, 0.25) is 0 Å². The molecule has 132 valence electrons. The number of rotatable bonds is 6. The van der Waals surface area contributed by atoms with Crippen molar-refractivity contribution in [1.29, 1.82) is 0 Å². The Hall–Kier alpha value is -2.08. The first-order valence-corrected chi connectivity index (χ1v) is 8.38. The molecule has 0 saturated carbocycles. The number of esters is 1. The number of benzene rings is 2. The second-order valence-corrected chi connectivity index (χ2v) is 6.46. The zero-order chi connectivity index (χ0) is 18.4. The normalized spacial score (nSPS) is 11.7. The Kier molecular flexibility index (Phi) is 6.82. The van der Waals surface area contributed by atoms with E-state index >= 15 is 0 Å². The van der Waals surface area contributed by atoms with Crippen LogP contribution in [-0.2, 0) is 16.1 Å². The Morgan fingerprint density at radius 1 is 1.12 bits per heavy atom. The van der Waals surface area contributed by atoms with Gasteiger partial charge in [-0.2, -0.15) is 0 Å². The van der Waals surface area contributed by atoms with Crippen LogP contribution in [0.1, 0.15) is 15.9 Å². The van der Waals surface area contributed by atoms with Crippen molar-refractivity contribution in [2.45, 2.75) is 6.54 Å². The van der Waals surface area contributed by atoms with Crippen molar-refractivity contribution < 1.29 is 19.2 Å². The van der Waals surface area contributed by atoms with Gasteiger partial charge in [-0.3, -0.25) is 4.79 Å². The Labute approximate surface area is 156 Å². The summed E-state index contributed by atoms with van der Waals surface area (Å²) < 4.78 is 4.71. The average Bonchev–Trinajstić information content (AvgIpc) is 2.57. The molecule has 0 spiro atoms. The number of nitrogens with one attached hydrogen (secondary N) is 2.